The molecule has 1 aromatic rings. The number of rotatable bonds is 3. The SMILES string of the molecule is CC(C)(C)C1CCN(CC(N)c2ccc(F)c(F)c2)C1. The first-order chi connectivity index (χ1) is 9.27. The van der Waals surface area contributed by atoms with Gasteiger partial charge in [0.25, 0.3) is 0 Å². The third kappa shape index (κ3) is 3.55. The fourth-order valence-corrected chi connectivity index (χ4v) is 2.83. The van der Waals surface area contributed by atoms with E-state index >= 15 is 0 Å². The number of benzene rings is 1. The second kappa shape index (κ2) is 5.78. The minimum atomic E-state index is -0.827. The predicted octanol–water partition coefficient (Wildman–Crippen LogP) is 3.33. The molecule has 1 aliphatic rings. The number of hydrogen-bond donors (Lipinski definition) is 1. The Morgan fingerprint density at radius 3 is 2.55 bits per heavy atom. The Morgan fingerprint density at radius 2 is 2.00 bits per heavy atom. The van der Waals surface area contributed by atoms with Crippen molar-refractivity contribution in [3.8, 4) is 0 Å². The summed E-state index contributed by atoms with van der Waals surface area (Å²) in [6.45, 7) is 9.53. The number of nitrogens with zero attached hydrogens (tertiary/aromatic N) is 1. The van der Waals surface area contributed by atoms with Gasteiger partial charge in [0.05, 0.1) is 0 Å². The van der Waals surface area contributed by atoms with Crippen LogP contribution in [0, 0.1) is 23.0 Å². The molecule has 2 rings (SSSR count). The molecule has 2 unspecified atom stereocenters. The molecule has 20 heavy (non-hydrogen) atoms. The van der Waals surface area contributed by atoms with Crippen molar-refractivity contribution >= 4 is 0 Å². The Morgan fingerprint density at radius 1 is 1.30 bits per heavy atom. The summed E-state index contributed by atoms with van der Waals surface area (Å²) in [7, 11) is 0. The molecule has 0 saturated carbocycles. The summed E-state index contributed by atoms with van der Waals surface area (Å²) in [5, 5.41) is 0. The number of hydrogen-bond acceptors (Lipinski definition) is 2. The smallest absolute Gasteiger partial charge is 0.159 e. The van der Waals surface area contributed by atoms with Crippen molar-refractivity contribution in [1.29, 1.82) is 0 Å². The van der Waals surface area contributed by atoms with Crippen molar-refractivity contribution in [2.45, 2.75) is 33.2 Å². The second-order valence-corrected chi connectivity index (χ2v) is 6.89. The van der Waals surface area contributed by atoms with E-state index in [0.29, 0.717) is 23.4 Å². The lowest BCUT2D eigenvalue weighted by molar-refractivity contribution is 0.224. The van der Waals surface area contributed by atoms with Crippen LogP contribution in [0.4, 0.5) is 8.78 Å². The van der Waals surface area contributed by atoms with Crippen LogP contribution >= 0.6 is 0 Å². The molecule has 0 aliphatic carbocycles. The molecule has 4 heteroatoms. The maximum Gasteiger partial charge on any atom is 0.159 e. The first-order valence-corrected chi connectivity index (χ1v) is 7.20. The van der Waals surface area contributed by atoms with Gasteiger partial charge < -0.3 is 10.6 Å². The summed E-state index contributed by atoms with van der Waals surface area (Å²) >= 11 is 0. The summed E-state index contributed by atoms with van der Waals surface area (Å²) in [4.78, 5) is 2.32. The molecule has 112 valence electrons. The first-order valence-electron chi connectivity index (χ1n) is 7.20. The van der Waals surface area contributed by atoms with E-state index in [1.54, 1.807) is 6.07 Å². The lowest BCUT2D eigenvalue weighted by Gasteiger charge is -2.28. The standard InChI is InChI=1S/C16H24F2N2/c1-16(2,3)12-6-7-20(9-12)10-15(19)11-4-5-13(17)14(18)8-11/h4-5,8,12,15H,6-7,9-10,19H2,1-3H3. The van der Waals surface area contributed by atoms with E-state index < -0.39 is 11.6 Å². The molecule has 0 bridgehead atoms. The van der Waals surface area contributed by atoms with Crippen molar-refractivity contribution in [2.24, 2.45) is 17.1 Å². The maximum atomic E-state index is 13.2. The van der Waals surface area contributed by atoms with Gasteiger partial charge in [0.1, 0.15) is 0 Å². The molecule has 1 aliphatic heterocycles. The highest BCUT2D eigenvalue weighted by Crippen LogP contribution is 2.34. The van der Waals surface area contributed by atoms with Gasteiger partial charge in [-0.05, 0) is 42.0 Å². The molecule has 1 aromatic carbocycles. The molecular weight excluding hydrogens is 258 g/mol. The zero-order valence-corrected chi connectivity index (χ0v) is 12.5. The number of nitrogens with two attached hydrogens (primary N) is 1. The van der Waals surface area contributed by atoms with Crippen LogP contribution in [0.5, 0.6) is 0 Å². The lowest BCUT2D eigenvalue weighted by atomic mass is 9.80. The van der Waals surface area contributed by atoms with E-state index in [0.717, 1.165) is 19.2 Å². The monoisotopic (exact) mass is 282 g/mol. The van der Waals surface area contributed by atoms with Crippen LogP contribution in [0.15, 0.2) is 18.2 Å². The third-order valence-electron chi connectivity index (χ3n) is 4.32. The van der Waals surface area contributed by atoms with Gasteiger partial charge in [-0.25, -0.2) is 8.78 Å². The van der Waals surface area contributed by atoms with Crippen molar-refractivity contribution < 1.29 is 8.78 Å². The van der Waals surface area contributed by atoms with Gasteiger partial charge in [-0.3, -0.25) is 0 Å². The van der Waals surface area contributed by atoms with Gasteiger partial charge in [-0.2, -0.15) is 0 Å². The molecular formula is C16H24F2N2. The lowest BCUT2D eigenvalue weighted by Crippen LogP contribution is -2.32. The van der Waals surface area contributed by atoms with Gasteiger partial charge in [-0.15, -0.1) is 0 Å². The maximum absolute atomic E-state index is 13.2. The average Bonchev–Trinajstić information content (AvgIpc) is 2.81. The van der Waals surface area contributed by atoms with Crippen LogP contribution in [-0.4, -0.2) is 24.5 Å². The van der Waals surface area contributed by atoms with Crippen LogP contribution in [0.2, 0.25) is 0 Å². The highest BCUT2D eigenvalue weighted by Gasteiger charge is 2.32. The van der Waals surface area contributed by atoms with Gasteiger partial charge in [0.2, 0.25) is 0 Å². The zero-order valence-electron chi connectivity index (χ0n) is 12.5. The van der Waals surface area contributed by atoms with Crippen molar-refractivity contribution in [3.63, 3.8) is 0 Å². The largest absolute Gasteiger partial charge is 0.323 e. The Bertz CT molecular complexity index is 468. The Hall–Kier alpha value is -1.00. The molecule has 0 amide bonds. The Labute approximate surface area is 120 Å². The minimum absolute atomic E-state index is 0.274. The van der Waals surface area contributed by atoms with E-state index in [1.807, 2.05) is 0 Å². The molecule has 2 atom stereocenters. The Balaban J connectivity index is 1.95. The normalized spacial score (nSPS) is 22.2. The molecule has 0 radical (unpaired) electrons. The van der Waals surface area contributed by atoms with Gasteiger partial charge >= 0.3 is 0 Å². The first kappa shape index (κ1) is 15.4. The Kier molecular flexibility index (Phi) is 4.45. The fourth-order valence-electron chi connectivity index (χ4n) is 2.83. The molecule has 2 nitrogen and oxygen atoms in total. The van der Waals surface area contributed by atoms with Crippen LogP contribution < -0.4 is 5.73 Å². The molecule has 0 aromatic heterocycles. The summed E-state index contributed by atoms with van der Waals surface area (Å²) in [5.41, 5.74) is 7.08. The van der Waals surface area contributed by atoms with Crippen LogP contribution in [0.1, 0.15) is 38.8 Å². The van der Waals surface area contributed by atoms with Gasteiger partial charge in [0, 0.05) is 19.1 Å². The van der Waals surface area contributed by atoms with Crippen molar-refractivity contribution in [2.75, 3.05) is 19.6 Å². The van der Waals surface area contributed by atoms with Gasteiger partial charge in [0.15, 0.2) is 11.6 Å². The van der Waals surface area contributed by atoms with Crippen molar-refractivity contribution in [3.05, 3.63) is 35.4 Å². The topological polar surface area (TPSA) is 29.3 Å². The molecule has 1 fully saturated rings. The van der Waals surface area contributed by atoms with Gasteiger partial charge in [-0.1, -0.05) is 26.8 Å². The minimum Gasteiger partial charge on any atom is -0.323 e. The highest BCUT2D eigenvalue weighted by atomic mass is 19.2. The zero-order chi connectivity index (χ0) is 14.9. The van der Waals surface area contributed by atoms with Crippen LogP contribution in [0.25, 0.3) is 0 Å². The second-order valence-electron chi connectivity index (χ2n) is 6.89. The fraction of sp³-hybridized carbons (Fsp3) is 0.625. The quantitative estimate of drug-likeness (QED) is 0.921. The molecule has 2 N–H and O–H groups in total. The average molecular weight is 282 g/mol. The van der Waals surface area contributed by atoms with E-state index in [2.05, 4.69) is 25.7 Å². The van der Waals surface area contributed by atoms with E-state index in [1.165, 1.54) is 12.5 Å². The summed E-state index contributed by atoms with van der Waals surface area (Å²) in [5.74, 6) is -0.985. The molecule has 1 heterocycles. The highest BCUT2D eigenvalue weighted by molar-refractivity contribution is 5.21. The van der Waals surface area contributed by atoms with E-state index in [4.69, 9.17) is 5.73 Å². The van der Waals surface area contributed by atoms with Crippen LogP contribution in [-0.2, 0) is 0 Å². The number of likely N-dealkylation sites (tertiary alicyclic amines) is 1. The number of halogens is 2. The summed E-state index contributed by atoms with van der Waals surface area (Å²) < 4.78 is 26.2. The van der Waals surface area contributed by atoms with Crippen LogP contribution in [0.3, 0.4) is 0 Å². The van der Waals surface area contributed by atoms with E-state index in [-0.39, 0.29) is 6.04 Å². The molecule has 0 spiro atoms. The molecule has 1 saturated heterocycles. The summed E-state index contributed by atoms with van der Waals surface area (Å²) in [6.07, 6.45) is 1.17. The summed E-state index contributed by atoms with van der Waals surface area (Å²) in [6, 6.07) is 3.65. The van der Waals surface area contributed by atoms with Crippen molar-refractivity contribution in [1.82, 2.24) is 4.90 Å². The van der Waals surface area contributed by atoms with E-state index in [9.17, 15) is 8.78 Å². The third-order valence-corrected chi connectivity index (χ3v) is 4.32. The predicted molar refractivity (Wildman–Crippen MR) is 77.3 cm³/mol.